The van der Waals surface area contributed by atoms with Gasteiger partial charge >= 0.3 is 0 Å². The maximum atomic E-state index is 2.53. The summed E-state index contributed by atoms with van der Waals surface area (Å²) < 4.78 is 0. The molecular weight excluding hydrogens is 242 g/mol. The Balaban J connectivity index is 2.24. The molecule has 20 heavy (non-hydrogen) atoms. The van der Waals surface area contributed by atoms with Crippen LogP contribution in [0.15, 0.2) is 54.6 Å². The van der Waals surface area contributed by atoms with Crippen LogP contribution in [0.25, 0.3) is 0 Å². The van der Waals surface area contributed by atoms with Gasteiger partial charge in [-0.05, 0) is 36.5 Å². The van der Waals surface area contributed by atoms with E-state index in [-0.39, 0.29) is 0 Å². The molecule has 0 N–H and O–H groups in total. The van der Waals surface area contributed by atoms with E-state index in [1.165, 1.54) is 29.7 Å². The maximum Gasteiger partial charge on any atom is 0.0402 e. The summed E-state index contributed by atoms with van der Waals surface area (Å²) in [7, 11) is 0. The van der Waals surface area contributed by atoms with Gasteiger partial charge < -0.3 is 4.90 Å². The predicted molar refractivity (Wildman–Crippen MR) is 88.5 cm³/mol. The van der Waals surface area contributed by atoms with E-state index in [9.17, 15) is 0 Å². The van der Waals surface area contributed by atoms with E-state index in [2.05, 4.69) is 73.3 Å². The fourth-order valence-corrected chi connectivity index (χ4v) is 2.68. The lowest BCUT2D eigenvalue weighted by Gasteiger charge is -2.26. The molecule has 0 fully saturated rings. The van der Waals surface area contributed by atoms with Crippen LogP contribution in [0.2, 0.25) is 0 Å². The molecule has 2 aromatic carbocycles. The Morgan fingerprint density at radius 1 is 0.750 bits per heavy atom. The Kier molecular flexibility index (Phi) is 5.67. The molecule has 0 heterocycles. The number of rotatable bonds is 7. The van der Waals surface area contributed by atoms with Crippen molar-refractivity contribution in [2.24, 2.45) is 0 Å². The van der Waals surface area contributed by atoms with Crippen LogP contribution in [0.1, 0.15) is 37.8 Å². The minimum Gasteiger partial charge on any atom is -0.371 e. The van der Waals surface area contributed by atoms with Crippen molar-refractivity contribution in [2.45, 2.75) is 33.1 Å². The smallest absolute Gasteiger partial charge is 0.0402 e. The minimum absolute atomic E-state index is 1.01. The molecule has 0 atom stereocenters. The molecule has 0 unspecified atom stereocenters. The van der Waals surface area contributed by atoms with Crippen LogP contribution in [0.5, 0.6) is 0 Å². The van der Waals surface area contributed by atoms with E-state index in [4.69, 9.17) is 0 Å². The molecule has 0 saturated carbocycles. The molecule has 0 bridgehead atoms. The van der Waals surface area contributed by atoms with Crippen molar-refractivity contribution in [3.8, 4) is 0 Å². The highest BCUT2D eigenvalue weighted by molar-refractivity contribution is 5.55. The van der Waals surface area contributed by atoms with Crippen molar-refractivity contribution in [2.75, 3.05) is 18.0 Å². The first-order valence-corrected chi connectivity index (χ1v) is 7.72. The SMILES string of the molecule is CCCN(CCC)c1ccccc1Cc1ccccc1. The summed E-state index contributed by atoms with van der Waals surface area (Å²) in [5.74, 6) is 0. The number of para-hydroxylation sites is 1. The number of hydrogen-bond acceptors (Lipinski definition) is 1. The Labute approximate surface area is 123 Å². The van der Waals surface area contributed by atoms with E-state index in [0.717, 1.165) is 19.5 Å². The summed E-state index contributed by atoms with van der Waals surface area (Å²) in [6.45, 7) is 6.78. The van der Waals surface area contributed by atoms with Gasteiger partial charge in [-0.2, -0.15) is 0 Å². The highest BCUT2D eigenvalue weighted by Gasteiger charge is 2.09. The molecule has 2 aromatic rings. The van der Waals surface area contributed by atoms with Crippen molar-refractivity contribution in [3.05, 3.63) is 65.7 Å². The van der Waals surface area contributed by atoms with Gasteiger partial charge in [-0.3, -0.25) is 0 Å². The number of anilines is 1. The van der Waals surface area contributed by atoms with Gasteiger partial charge in [0.25, 0.3) is 0 Å². The second-order valence-corrected chi connectivity index (χ2v) is 5.28. The molecule has 0 saturated heterocycles. The third-order valence-electron chi connectivity index (χ3n) is 3.56. The van der Waals surface area contributed by atoms with Gasteiger partial charge in [0, 0.05) is 18.8 Å². The van der Waals surface area contributed by atoms with Gasteiger partial charge in [0.05, 0.1) is 0 Å². The lowest BCUT2D eigenvalue weighted by molar-refractivity contribution is 0.741. The summed E-state index contributed by atoms with van der Waals surface area (Å²) in [5, 5.41) is 0. The van der Waals surface area contributed by atoms with Gasteiger partial charge in [-0.25, -0.2) is 0 Å². The Bertz CT molecular complexity index is 498. The Morgan fingerprint density at radius 2 is 1.35 bits per heavy atom. The summed E-state index contributed by atoms with van der Waals surface area (Å²) in [6.07, 6.45) is 3.40. The van der Waals surface area contributed by atoms with Gasteiger partial charge in [0.1, 0.15) is 0 Å². The molecule has 0 amide bonds. The molecule has 2 rings (SSSR count). The van der Waals surface area contributed by atoms with Crippen molar-refractivity contribution in [3.63, 3.8) is 0 Å². The van der Waals surface area contributed by atoms with E-state index >= 15 is 0 Å². The summed E-state index contributed by atoms with van der Waals surface area (Å²) in [4.78, 5) is 2.53. The van der Waals surface area contributed by atoms with Gasteiger partial charge in [0.2, 0.25) is 0 Å². The molecule has 0 spiro atoms. The van der Waals surface area contributed by atoms with Crippen molar-refractivity contribution in [1.29, 1.82) is 0 Å². The molecule has 0 aliphatic carbocycles. The lowest BCUT2D eigenvalue weighted by atomic mass is 10.0. The first-order valence-electron chi connectivity index (χ1n) is 7.72. The zero-order chi connectivity index (χ0) is 14.2. The molecule has 1 heteroatoms. The second kappa shape index (κ2) is 7.74. The number of nitrogens with zero attached hydrogens (tertiary/aromatic N) is 1. The van der Waals surface area contributed by atoms with Crippen LogP contribution in [0.3, 0.4) is 0 Å². The van der Waals surface area contributed by atoms with Gasteiger partial charge in [0.15, 0.2) is 0 Å². The normalized spacial score (nSPS) is 10.5. The molecule has 0 radical (unpaired) electrons. The van der Waals surface area contributed by atoms with Crippen molar-refractivity contribution in [1.82, 2.24) is 0 Å². The van der Waals surface area contributed by atoms with Crippen LogP contribution >= 0.6 is 0 Å². The van der Waals surface area contributed by atoms with Crippen LogP contribution in [-0.2, 0) is 6.42 Å². The zero-order valence-electron chi connectivity index (χ0n) is 12.7. The molecule has 0 aliphatic heterocycles. The monoisotopic (exact) mass is 267 g/mol. The molecule has 1 nitrogen and oxygen atoms in total. The molecular formula is C19H25N. The predicted octanol–water partition coefficient (Wildman–Crippen LogP) is 4.90. The summed E-state index contributed by atoms with van der Waals surface area (Å²) in [5.41, 5.74) is 4.22. The molecule has 106 valence electrons. The third kappa shape index (κ3) is 3.86. The van der Waals surface area contributed by atoms with E-state index in [1.807, 2.05) is 0 Å². The Morgan fingerprint density at radius 3 is 2.00 bits per heavy atom. The topological polar surface area (TPSA) is 3.24 Å². The van der Waals surface area contributed by atoms with E-state index in [1.54, 1.807) is 0 Å². The average molecular weight is 267 g/mol. The van der Waals surface area contributed by atoms with E-state index in [0.29, 0.717) is 0 Å². The van der Waals surface area contributed by atoms with Crippen LogP contribution in [0, 0.1) is 0 Å². The summed E-state index contributed by atoms with van der Waals surface area (Å²) in [6, 6.07) is 19.6. The minimum atomic E-state index is 1.01. The standard InChI is InChI=1S/C19H25N/c1-3-14-20(15-4-2)19-13-9-8-12-18(19)16-17-10-6-5-7-11-17/h5-13H,3-4,14-16H2,1-2H3. The van der Waals surface area contributed by atoms with Crippen LogP contribution in [0.4, 0.5) is 5.69 Å². The van der Waals surface area contributed by atoms with E-state index < -0.39 is 0 Å². The molecule has 0 aromatic heterocycles. The zero-order valence-corrected chi connectivity index (χ0v) is 12.7. The molecule has 0 aliphatic rings. The lowest BCUT2D eigenvalue weighted by Crippen LogP contribution is -2.26. The number of hydrogen-bond donors (Lipinski definition) is 0. The highest BCUT2D eigenvalue weighted by Crippen LogP contribution is 2.23. The van der Waals surface area contributed by atoms with Crippen molar-refractivity contribution < 1.29 is 0 Å². The highest BCUT2D eigenvalue weighted by atomic mass is 15.1. The van der Waals surface area contributed by atoms with Crippen LogP contribution < -0.4 is 4.90 Å². The summed E-state index contributed by atoms with van der Waals surface area (Å²) >= 11 is 0. The van der Waals surface area contributed by atoms with Gasteiger partial charge in [-0.1, -0.05) is 62.4 Å². The number of benzene rings is 2. The third-order valence-corrected chi connectivity index (χ3v) is 3.56. The van der Waals surface area contributed by atoms with Gasteiger partial charge in [-0.15, -0.1) is 0 Å². The fraction of sp³-hybridized carbons (Fsp3) is 0.368. The quantitative estimate of drug-likeness (QED) is 0.689. The average Bonchev–Trinajstić information content (AvgIpc) is 2.49. The van der Waals surface area contributed by atoms with Crippen molar-refractivity contribution >= 4 is 5.69 Å². The second-order valence-electron chi connectivity index (χ2n) is 5.28. The largest absolute Gasteiger partial charge is 0.371 e. The maximum absolute atomic E-state index is 2.53. The fourth-order valence-electron chi connectivity index (χ4n) is 2.68. The first kappa shape index (κ1) is 14.6. The Hall–Kier alpha value is -1.76. The van der Waals surface area contributed by atoms with Crippen LogP contribution in [-0.4, -0.2) is 13.1 Å². The first-order chi connectivity index (χ1) is 9.85.